The van der Waals surface area contributed by atoms with Gasteiger partial charge in [0.25, 0.3) is 0 Å². The lowest BCUT2D eigenvalue weighted by Gasteiger charge is -2.19. The van der Waals surface area contributed by atoms with Crippen molar-refractivity contribution in [3.8, 4) is 5.75 Å². The number of halogens is 1. The maximum absolute atomic E-state index is 6.44. The second-order valence-corrected chi connectivity index (χ2v) is 5.23. The van der Waals surface area contributed by atoms with Gasteiger partial charge in [-0.15, -0.1) is 0 Å². The van der Waals surface area contributed by atoms with Crippen molar-refractivity contribution in [3.63, 3.8) is 0 Å². The van der Waals surface area contributed by atoms with E-state index < -0.39 is 0 Å². The van der Waals surface area contributed by atoms with Crippen LogP contribution in [0, 0.1) is 0 Å². The number of nitrogens with one attached hydrogen (secondary N) is 1. The van der Waals surface area contributed by atoms with Crippen molar-refractivity contribution in [2.75, 3.05) is 14.2 Å². The van der Waals surface area contributed by atoms with Gasteiger partial charge in [-0.1, -0.05) is 18.5 Å². The Morgan fingerprint density at radius 3 is 2.81 bits per heavy atom. The van der Waals surface area contributed by atoms with Gasteiger partial charge in [0.15, 0.2) is 0 Å². The highest BCUT2D eigenvalue weighted by molar-refractivity contribution is 6.31. The molecule has 21 heavy (non-hydrogen) atoms. The van der Waals surface area contributed by atoms with Crippen molar-refractivity contribution in [2.45, 2.75) is 25.8 Å². The molecule has 1 N–H and O–H groups in total. The Morgan fingerprint density at radius 1 is 1.48 bits per heavy atom. The molecule has 1 atom stereocenters. The molecule has 0 saturated carbocycles. The molecule has 5 nitrogen and oxygen atoms in total. The number of aryl methyl sites for hydroxylation is 2. The van der Waals surface area contributed by atoms with Crippen LogP contribution in [0.4, 0.5) is 0 Å². The summed E-state index contributed by atoms with van der Waals surface area (Å²) in [7, 11) is 5.51. The largest absolute Gasteiger partial charge is 0.495 e. The standard InChI is InChI=1S/C15H21ClN4O/c1-5-11-15(16)13(20(3)19-11)8-12(17-2)10-6-7-18-9-14(10)21-4/h6-7,9,12,17H,5,8H2,1-4H3. The van der Waals surface area contributed by atoms with Gasteiger partial charge in [-0.3, -0.25) is 9.67 Å². The minimum Gasteiger partial charge on any atom is -0.495 e. The van der Waals surface area contributed by atoms with Gasteiger partial charge in [0.05, 0.1) is 29.7 Å². The fraction of sp³-hybridized carbons (Fsp3) is 0.467. The Morgan fingerprint density at radius 2 is 2.24 bits per heavy atom. The molecule has 0 aliphatic rings. The number of likely N-dealkylation sites (N-methyl/N-ethyl adjacent to an activating group) is 1. The first-order valence-corrected chi connectivity index (χ1v) is 7.35. The minimum atomic E-state index is 0.0838. The molecule has 2 heterocycles. The van der Waals surface area contributed by atoms with Crippen LogP contribution in [0.1, 0.15) is 29.9 Å². The lowest BCUT2D eigenvalue weighted by molar-refractivity contribution is 0.398. The van der Waals surface area contributed by atoms with Crippen LogP contribution < -0.4 is 10.1 Å². The summed E-state index contributed by atoms with van der Waals surface area (Å²) in [5, 5.41) is 8.54. The molecule has 0 spiro atoms. The zero-order chi connectivity index (χ0) is 15.4. The Bertz CT molecular complexity index is 612. The predicted octanol–water partition coefficient (Wildman–Crippen LogP) is 2.54. The first-order chi connectivity index (χ1) is 10.1. The first kappa shape index (κ1) is 15.8. The monoisotopic (exact) mass is 308 g/mol. The highest BCUT2D eigenvalue weighted by Crippen LogP contribution is 2.29. The van der Waals surface area contributed by atoms with E-state index in [1.54, 1.807) is 19.5 Å². The van der Waals surface area contributed by atoms with Crippen molar-refractivity contribution in [2.24, 2.45) is 7.05 Å². The van der Waals surface area contributed by atoms with E-state index in [0.29, 0.717) is 0 Å². The van der Waals surface area contributed by atoms with Crippen molar-refractivity contribution in [1.82, 2.24) is 20.1 Å². The number of ether oxygens (including phenoxy) is 1. The third-order valence-corrected chi connectivity index (χ3v) is 4.10. The number of hydrogen-bond acceptors (Lipinski definition) is 4. The summed E-state index contributed by atoms with van der Waals surface area (Å²) in [6.07, 6.45) is 5.06. The average Bonchev–Trinajstić information content (AvgIpc) is 2.79. The van der Waals surface area contributed by atoms with Gasteiger partial charge in [-0.05, 0) is 19.5 Å². The molecule has 0 amide bonds. The fourth-order valence-electron chi connectivity index (χ4n) is 2.45. The van der Waals surface area contributed by atoms with E-state index in [1.165, 1.54) is 0 Å². The van der Waals surface area contributed by atoms with Crippen LogP contribution in [-0.4, -0.2) is 28.9 Å². The molecular weight excluding hydrogens is 288 g/mol. The number of hydrogen-bond donors (Lipinski definition) is 1. The molecule has 6 heteroatoms. The number of rotatable bonds is 6. The number of pyridine rings is 1. The van der Waals surface area contributed by atoms with E-state index in [0.717, 1.165) is 40.6 Å². The van der Waals surface area contributed by atoms with Crippen LogP contribution >= 0.6 is 11.6 Å². The van der Waals surface area contributed by atoms with Crippen LogP contribution in [0.2, 0.25) is 5.02 Å². The number of methoxy groups -OCH3 is 1. The Balaban J connectivity index is 2.34. The van der Waals surface area contributed by atoms with Gasteiger partial charge in [0, 0.05) is 31.3 Å². The zero-order valence-electron chi connectivity index (χ0n) is 12.9. The Labute approximate surface area is 130 Å². The summed E-state index contributed by atoms with van der Waals surface area (Å²) >= 11 is 6.44. The Kier molecular flexibility index (Phi) is 5.20. The summed E-state index contributed by atoms with van der Waals surface area (Å²) in [5.74, 6) is 0.769. The second kappa shape index (κ2) is 6.91. The summed E-state index contributed by atoms with van der Waals surface area (Å²) < 4.78 is 7.26. The maximum atomic E-state index is 6.44. The van der Waals surface area contributed by atoms with Gasteiger partial charge < -0.3 is 10.1 Å². The van der Waals surface area contributed by atoms with E-state index >= 15 is 0 Å². The second-order valence-electron chi connectivity index (χ2n) is 4.85. The van der Waals surface area contributed by atoms with E-state index in [1.807, 2.05) is 24.8 Å². The summed E-state index contributed by atoms with van der Waals surface area (Å²) in [4.78, 5) is 4.10. The molecule has 2 aromatic rings. The first-order valence-electron chi connectivity index (χ1n) is 6.97. The van der Waals surface area contributed by atoms with E-state index in [-0.39, 0.29) is 6.04 Å². The topological polar surface area (TPSA) is 52.0 Å². The van der Waals surface area contributed by atoms with Gasteiger partial charge in [-0.2, -0.15) is 5.10 Å². The summed E-state index contributed by atoms with van der Waals surface area (Å²) in [6.45, 7) is 2.06. The van der Waals surface area contributed by atoms with Gasteiger partial charge in [0.2, 0.25) is 0 Å². The lowest BCUT2D eigenvalue weighted by Crippen LogP contribution is -2.21. The molecule has 2 rings (SSSR count). The molecule has 2 aromatic heterocycles. The van der Waals surface area contributed by atoms with E-state index in [2.05, 4.69) is 22.3 Å². The van der Waals surface area contributed by atoms with Crippen LogP contribution in [0.5, 0.6) is 5.75 Å². The molecule has 0 aliphatic heterocycles. The molecule has 0 fully saturated rings. The predicted molar refractivity (Wildman–Crippen MR) is 83.9 cm³/mol. The van der Waals surface area contributed by atoms with Gasteiger partial charge in [-0.25, -0.2) is 0 Å². The van der Waals surface area contributed by atoms with Gasteiger partial charge in [0.1, 0.15) is 5.75 Å². The van der Waals surface area contributed by atoms with Crippen LogP contribution in [0.15, 0.2) is 18.5 Å². The minimum absolute atomic E-state index is 0.0838. The van der Waals surface area contributed by atoms with Crippen molar-refractivity contribution >= 4 is 11.6 Å². The molecule has 0 saturated heterocycles. The third-order valence-electron chi connectivity index (χ3n) is 3.66. The quantitative estimate of drug-likeness (QED) is 0.891. The highest BCUT2D eigenvalue weighted by atomic mass is 35.5. The molecule has 0 bridgehead atoms. The fourth-order valence-corrected chi connectivity index (χ4v) is 2.82. The summed E-state index contributed by atoms with van der Waals surface area (Å²) in [5.41, 5.74) is 3.02. The zero-order valence-corrected chi connectivity index (χ0v) is 13.6. The van der Waals surface area contributed by atoms with Crippen molar-refractivity contribution < 1.29 is 4.74 Å². The van der Waals surface area contributed by atoms with Gasteiger partial charge >= 0.3 is 0 Å². The Hall–Kier alpha value is -1.59. The highest BCUT2D eigenvalue weighted by Gasteiger charge is 2.20. The summed E-state index contributed by atoms with van der Waals surface area (Å²) in [6, 6.07) is 2.05. The van der Waals surface area contributed by atoms with E-state index in [4.69, 9.17) is 16.3 Å². The normalized spacial score (nSPS) is 12.4. The molecule has 0 aliphatic carbocycles. The number of nitrogens with zero attached hydrogens (tertiary/aromatic N) is 3. The molecule has 0 aromatic carbocycles. The third kappa shape index (κ3) is 3.19. The SMILES string of the molecule is CCc1nn(C)c(CC(NC)c2ccncc2OC)c1Cl. The average molecular weight is 309 g/mol. The van der Waals surface area contributed by atoms with Crippen LogP contribution in [0.3, 0.4) is 0 Å². The molecule has 114 valence electrons. The van der Waals surface area contributed by atoms with Crippen LogP contribution in [0.25, 0.3) is 0 Å². The molecular formula is C15H21ClN4O. The van der Waals surface area contributed by atoms with E-state index in [9.17, 15) is 0 Å². The van der Waals surface area contributed by atoms with Crippen LogP contribution in [-0.2, 0) is 19.9 Å². The molecule has 0 radical (unpaired) electrons. The number of aromatic nitrogens is 3. The molecule has 1 unspecified atom stereocenters. The smallest absolute Gasteiger partial charge is 0.141 e. The maximum Gasteiger partial charge on any atom is 0.141 e. The van der Waals surface area contributed by atoms with Crippen molar-refractivity contribution in [3.05, 3.63) is 40.4 Å². The van der Waals surface area contributed by atoms with Crippen molar-refractivity contribution in [1.29, 1.82) is 0 Å². The lowest BCUT2D eigenvalue weighted by atomic mass is 10.0.